The fourth-order valence-corrected chi connectivity index (χ4v) is 2.51. The van der Waals surface area contributed by atoms with Crippen LogP contribution in [0.25, 0.3) is 0 Å². The summed E-state index contributed by atoms with van der Waals surface area (Å²) in [6.45, 7) is 13.8. The molecule has 0 radical (unpaired) electrons. The molecule has 0 bridgehead atoms. The Balaban J connectivity index is 2.13. The van der Waals surface area contributed by atoms with Gasteiger partial charge in [-0.2, -0.15) is 0 Å². The van der Waals surface area contributed by atoms with Crippen LogP contribution in [0.1, 0.15) is 33.6 Å². The average molecular weight is 314 g/mol. The number of piperazine rings is 1. The third-order valence-electron chi connectivity index (χ3n) is 3.82. The molecular weight excluding hydrogens is 280 g/mol. The maximum Gasteiger partial charge on any atom is 0.410 e. The van der Waals surface area contributed by atoms with Gasteiger partial charge in [0.25, 0.3) is 0 Å². The fourth-order valence-electron chi connectivity index (χ4n) is 2.51. The maximum absolute atomic E-state index is 11.9. The molecule has 0 unspecified atom stereocenters. The Kier molecular flexibility index (Phi) is 8.14. The first-order valence-electron chi connectivity index (χ1n) is 8.41. The van der Waals surface area contributed by atoms with Crippen molar-refractivity contribution < 1.29 is 9.53 Å². The van der Waals surface area contributed by atoms with Gasteiger partial charge < -0.3 is 25.2 Å². The van der Waals surface area contributed by atoms with Gasteiger partial charge in [-0.1, -0.05) is 0 Å². The molecule has 6 nitrogen and oxygen atoms in total. The molecule has 0 aromatic heterocycles. The van der Waals surface area contributed by atoms with E-state index in [1.807, 2.05) is 20.8 Å². The topological polar surface area (TPSA) is 62.0 Å². The number of nitrogens with zero attached hydrogens (tertiary/aromatic N) is 3. The molecule has 0 aromatic carbocycles. The highest BCUT2D eigenvalue weighted by Crippen LogP contribution is 2.09. The van der Waals surface area contributed by atoms with Crippen LogP contribution in [0, 0.1) is 0 Å². The smallest absolute Gasteiger partial charge is 0.410 e. The Morgan fingerprint density at radius 3 is 2.05 bits per heavy atom. The van der Waals surface area contributed by atoms with Gasteiger partial charge in [0, 0.05) is 39.8 Å². The standard InChI is InChI=1S/C16H34N4O2/c1-16(2,3)22-15(21)18(4)8-6-10-20-13-11-19(12-14-20)9-5-7-17/h5-14,17H2,1-4H3. The van der Waals surface area contributed by atoms with Gasteiger partial charge in [0.05, 0.1) is 0 Å². The molecule has 1 fully saturated rings. The monoisotopic (exact) mass is 314 g/mol. The van der Waals surface area contributed by atoms with Crippen molar-refractivity contribution in [3.05, 3.63) is 0 Å². The maximum atomic E-state index is 11.9. The van der Waals surface area contributed by atoms with Crippen LogP contribution in [-0.4, -0.2) is 85.8 Å². The predicted molar refractivity (Wildman–Crippen MR) is 90.0 cm³/mol. The highest BCUT2D eigenvalue weighted by molar-refractivity contribution is 5.67. The Morgan fingerprint density at radius 1 is 1.09 bits per heavy atom. The van der Waals surface area contributed by atoms with Crippen molar-refractivity contribution in [3.63, 3.8) is 0 Å². The summed E-state index contributed by atoms with van der Waals surface area (Å²) >= 11 is 0. The molecule has 0 aliphatic carbocycles. The molecular formula is C16H34N4O2. The van der Waals surface area contributed by atoms with Crippen LogP contribution < -0.4 is 5.73 Å². The number of amides is 1. The fraction of sp³-hybridized carbons (Fsp3) is 0.938. The summed E-state index contributed by atoms with van der Waals surface area (Å²) in [5.74, 6) is 0. The minimum Gasteiger partial charge on any atom is -0.444 e. The molecule has 0 saturated carbocycles. The van der Waals surface area contributed by atoms with Gasteiger partial charge in [-0.05, 0) is 53.2 Å². The number of carbonyl (C=O) groups excluding carboxylic acids is 1. The summed E-state index contributed by atoms with van der Waals surface area (Å²) in [6, 6.07) is 0. The van der Waals surface area contributed by atoms with Crippen LogP contribution in [0.4, 0.5) is 4.79 Å². The van der Waals surface area contributed by atoms with E-state index < -0.39 is 5.60 Å². The summed E-state index contributed by atoms with van der Waals surface area (Å²) in [6.07, 6.45) is 1.83. The average Bonchev–Trinajstić information content (AvgIpc) is 2.44. The van der Waals surface area contributed by atoms with E-state index in [0.29, 0.717) is 0 Å². The number of nitrogens with two attached hydrogens (primary N) is 1. The largest absolute Gasteiger partial charge is 0.444 e. The molecule has 0 aromatic rings. The van der Waals surface area contributed by atoms with E-state index in [-0.39, 0.29) is 6.09 Å². The lowest BCUT2D eigenvalue weighted by molar-refractivity contribution is 0.0289. The Morgan fingerprint density at radius 2 is 1.59 bits per heavy atom. The second-order valence-corrected chi connectivity index (χ2v) is 7.08. The van der Waals surface area contributed by atoms with E-state index in [1.54, 1.807) is 11.9 Å². The molecule has 6 heteroatoms. The zero-order valence-corrected chi connectivity index (χ0v) is 14.8. The third-order valence-corrected chi connectivity index (χ3v) is 3.82. The number of hydrogen-bond donors (Lipinski definition) is 1. The van der Waals surface area contributed by atoms with Crippen LogP contribution in [-0.2, 0) is 4.74 Å². The van der Waals surface area contributed by atoms with E-state index in [2.05, 4.69) is 9.80 Å². The predicted octanol–water partition coefficient (Wildman–Crippen LogP) is 1.21. The second-order valence-electron chi connectivity index (χ2n) is 7.08. The number of rotatable bonds is 7. The highest BCUT2D eigenvalue weighted by atomic mass is 16.6. The SMILES string of the molecule is CN(CCCN1CCN(CCCN)CC1)C(=O)OC(C)(C)C. The zero-order chi connectivity index (χ0) is 16.6. The van der Waals surface area contributed by atoms with Gasteiger partial charge in [0.1, 0.15) is 5.60 Å². The molecule has 0 spiro atoms. The lowest BCUT2D eigenvalue weighted by Crippen LogP contribution is -2.47. The van der Waals surface area contributed by atoms with E-state index in [9.17, 15) is 4.79 Å². The van der Waals surface area contributed by atoms with Gasteiger partial charge in [0.15, 0.2) is 0 Å². The van der Waals surface area contributed by atoms with Gasteiger partial charge in [-0.25, -0.2) is 4.79 Å². The molecule has 2 N–H and O–H groups in total. The minimum atomic E-state index is -0.425. The van der Waals surface area contributed by atoms with Crippen molar-refractivity contribution in [1.82, 2.24) is 14.7 Å². The Hall–Kier alpha value is -0.850. The first kappa shape index (κ1) is 19.2. The zero-order valence-electron chi connectivity index (χ0n) is 14.8. The minimum absolute atomic E-state index is 0.237. The molecule has 130 valence electrons. The van der Waals surface area contributed by atoms with Crippen LogP contribution in [0.15, 0.2) is 0 Å². The third kappa shape index (κ3) is 7.96. The normalized spacial score (nSPS) is 17.5. The summed E-state index contributed by atoms with van der Waals surface area (Å²) in [4.78, 5) is 18.5. The van der Waals surface area contributed by atoms with Gasteiger partial charge >= 0.3 is 6.09 Å². The van der Waals surface area contributed by atoms with E-state index in [4.69, 9.17) is 10.5 Å². The highest BCUT2D eigenvalue weighted by Gasteiger charge is 2.20. The van der Waals surface area contributed by atoms with Crippen molar-refractivity contribution in [1.29, 1.82) is 0 Å². The number of hydrogen-bond acceptors (Lipinski definition) is 5. The quantitative estimate of drug-likeness (QED) is 0.765. The molecule has 22 heavy (non-hydrogen) atoms. The summed E-state index contributed by atoms with van der Waals surface area (Å²) in [5, 5.41) is 0. The lowest BCUT2D eigenvalue weighted by Gasteiger charge is -2.35. The van der Waals surface area contributed by atoms with Gasteiger partial charge in [-0.15, -0.1) is 0 Å². The van der Waals surface area contributed by atoms with E-state index >= 15 is 0 Å². The molecule has 1 aliphatic heterocycles. The molecule has 1 aliphatic rings. The van der Waals surface area contributed by atoms with E-state index in [0.717, 1.165) is 65.2 Å². The molecule has 0 atom stereocenters. The van der Waals surface area contributed by atoms with Crippen molar-refractivity contribution in [2.24, 2.45) is 5.73 Å². The van der Waals surface area contributed by atoms with Crippen molar-refractivity contribution in [2.45, 2.75) is 39.2 Å². The van der Waals surface area contributed by atoms with Crippen LogP contribution in [0.3, 0.4) is 0 Å². The van der Waals surface area contributed by atoms with Crippen LogP contribution in [0.2, 0.25) is 0 Å². The Labute approximate surface area is 135 Å². The van der Waals surface area contributed by atoms with Crippen LogP contribution in [0.5, 0.6) is 0 Å². The van der Waals surface area contributed by atoms with Gasteiger partial charge in [0.2, 0.25) is 0 Å². The van der Waals surface area contributed by atoms with Crippen molar-refractivity contribution in [3.8, 4) is 0 Å². The van der Waals surface area contributed by atoms with Gasteiger partial charge in [-0.3, -0.25) is 0 Å². The van der Waals surface area contributed by atoms with Crippen molar-refractivity contribution >= 4 is 6.09 Å². The second kappa shape index (κ2) is 9.33. The first-order valence-corrected chi connectivity index (χ1v) is 8.41. The summed E-state index contributed by atoms with van der Waals surface area (Å²) in [5.41, 5.74) is 5.12. The summed E-state index contributed by atoms with van der Waals surface area (Å²) < 4.78 is 5.35. The van der Waals surface area contributed by atoms with Crippen LogP contribution >= 0.6 is 0 Å². The lowest BCUT2D eigenvalue weighted by atomic mass is 10.2. The molecule has 1 saturated heterocycles. The molecule has 1 rings (SSSR count). The van der Waals surface area contributed by atoms with Crippen molar-refractivity contribution in [2.75, 3.05) is 59.4 Å². The molecule has 1 amide bonds. The molecule has 1 heterocycles. The number of carbonyl (C=O) groups is 1. The van der Waals surface area contributed by atoms with E-state index in [1.165, 1.54) is 0 Å². The summed E-state index contributed by atoms with van der Waals surface area (Å²) in [7, 11) is 1.80. The first-order chi connectivity index (χ1) is 10.3. The Bertz CT molecular complexity index is 323. The number of ether oxygens (including phenoxy) is 1.